The van der Waals surface area contributed by atoms with Crippen molar-refractivity contribution >= 4 is 5.91 Å². The Kier molecular flexibility index (Phi) is 5.60. The van der Waals surface area contributed by atoms with Gasteiger partial charge in [0.05, 0.1) is 0 Å². The number of aliphatic hydroxyl groups excluding tert-OH is 1. The van der Waals surface area contributed by atoms with E-state index in [-0.39, 0.29) is 18.6 Å². The summed E-state index contributed by atoms with van der Waals surface area (Å²) in [7, 11) is 0. The van der Waals surface area contributed by atoms with Crippen LogP contribution in [-0.2, 0) is 11.2 Å². The van der Waals surface area contributed by atoms with Gasteiger partial charge in [-0.05, 0) is 50.2 Å². The molecule has 1 aromatic carbocycles. The molecule has 3 nitrogen and oxygen atoms in total. The summed E-state index contributed by atoms with van der Waals surface area (Å²) in [6.07, 6.45) is 5.41. The highest BCUT2D eigenvalue weighted by Crippen LogP contribution is 2.21. The molecule has 2 rings (SSSR count). The van der Waals surface area contributed by atoms with Gasteiger partial charge in [0, 0.05) is 25.6 Å². The fourth-order valence-corrected chi connectivity index (χ4v) is 3.05. The van der Waals surface area contributed by atoms with E-state index in [0.717, 1.165) is 32.2 Å². The quantitative estimate of drug-likeness (QED) is 0.897. The number of benzene rings is 1. The van der Waals surface area contributed by atoms with Gasteiger partial charge in [-0.15, -0.1) is 0 Å². The van der Waals surface area contributed by atoms with E-state index in [9.17, 15) is 4.79 Å². The molecule has 1 aliphatic rings. The minimum atomic E-state index is 0.173. The zero-order valence-electron chi connectivity index (χ0n) is 12.3. The number of piperidine rings is 1. The largest absolute Gasteiger partial charge is 0.396 e. The van der Waals surface area contributed by atoms with Crippen LogP contribution in [-0.4, -0.2) is 35.1 Å². The van der Waals surface area contributed by atoms with Crippen molar-refractivity contribution in [1.82, 2.24) is 4.90 Å². The molecule has 0 aliphatic carbocycles. The minimum absolute atomic E-state index is 0.173. The number of hydrogen-bond donors (Lipinski definition) is 1. The third kappa shape index (κ3) is 3.83. The molecular formula is C17H25NO2. The van der Waals surface area contributed by atoms with Gasteiger partial charge in [-0.1, -0.05) is 24.3 Å². The van der Waals surface area contributed by atoms with Crippen molar-refractivity contribution in [2.75, 3.05) is 13.2 Å². The molecule has 1 aliphatic heterocycles. The van der Waals surface area contributed by atoms with Crippen LogP contribution in [0.2, 0.25) is 0 Å². The number of carbonyl (C=O) groups is 1. The molecule has 1 aromatic rings. The van der Waals surface area contributed by atoms with Crippen molar-refractivity contribution in [2.24, 2.45) is 0 Å². The van der Waals surface area contributed by atoms with Crippen LogP contribution in [0.1, 0.15) is 43.2 Å². The van der Waals surface area contributed by atoms with Crippen molar-refractivity contribution < 1.29 is 9.90 Å². The number of likely N-dealkylation sites (tertiary alicyclic amines) is 1. The van der Waals surface area contributed by atoms with Gasteiger partial charge in [0.2, 0.25) is 5.91 Å². The fourth-order valence-electron chi connectivity index (χ4n) is 3.05. The molecule has 1 N–H and O–H groups in total. The second-order valence-corrected chi connectivity index (χ2v) is 5.68. The van der Waals surface area contributed by atoms with Gasteiger partial charge in [0.15, 0.2) is 0 Å². The molecular weight excluding hydrogens is 250 g/mol. The lowest BCUT2D eigenvalue weighted by atomic mass is 9.98. The first-order chi connectivity index (χ1) is 9.72. The lowest BCUT2D eigenvalue weighted by Gasteiger charge is -2.35. The van der Waals surface area contributed by atoms with E-state index in [0.29, 0.717) is 6.42 Å². The number of rotatable bonds is 5. The SMILES string of the molecule is Cc1ccccc1CCC(=O)N1CCCCC1CCO. The summed E-state index contributed by atoms with van der Waals surface area (Å²) in [5.74, 6) is 0.242. The van der Waals surface area contributed by atoms with E-state index in [1.54, 1.807) is 0 Å². The maximum absolute atomic E-state index is 12.4. The van der Waals surface area contributed by atoms with Gasteiger partial charge in [-0.2, -0.15) is 0 Å². The van der Waals surface area contributed by atoms with Gasteiger partial charge < -0.3 is 10.0 Å². The van der Waals surface area contributed by atoms with Gasteiger partial charge in [0.1, 0.15) is 0 Å². The van der Waals surface area contributed by atoms with Crippen LogP contribution in [0, 0.1) is 6.92 Å². The second kappa shape index (κ2) is 7.44. The Morgan fingerprint density at radius 2 is 2.15 bits per heavy atom. The molecule has 3 heteroatoms. The van der Waals surface area contributed by atoms with Crippen LogP contribution in [0.15, 0.2) is 24.3 Å². The molecule has 1 fully saturated rings. The van der Waals surface area contributed by atoms with Crippen molar-refractivity contribution in [3.8, 4) is 0 Å². The second-order valence-electron chi connectivity index (χ2n) is 5.68. The van der Waals surface area contributed by atoms with Crippen LogP contribution >= 0.6 is 0 Å². The lowest BCUT2D eigenvalue weighted by Crippen LogP contribution is -2.44. The highest BCUT2D eigenvalue weighted by atomic mass is 16.3. The Hall–Kier alpha value is -1.35. The normalized spacial score (nSPS) is 19.1. The van der Waals surface area contributed by atoms with Crippen molar-refractivity contribution in [2.45, 2.75) is 51.5 Å². The fraction of sp³-hybridized carbons (Fsp3) is 0.588. The molecule has 20 heavy (non-hydrogen) atoms. The number of carbonyl (C=O) groups excluding carboxylic acids is 1. The first-order valence-corrected chi connectivity index (χ1v) is 7.67. The van der Waals surface area contributed by atoms with Crippen LogP contribution in [0.4, 0.5) is 0 Å². The highest BCUT2D eigenvalue weighted by molar-refractivity contribution is 5.77. The summed E-state index contributed by atoms with van der Waals surface area (Å²) in [5.41, 5.74) is 2.52. The number of nitrogens with zero attached hydrogens (tertiary/aromatic N) is 1. The minimum Gasteiger partial charge on any atom is -0.396 e. The maximum Gasteiger partial charge on any atom is 0.223 e. The van der Waals surface area contributed by atoms with Crippen LogP contribution in [0.25, 0.3) is 0 Å². The summed E-state index contributed by atoms with van der Waals surface area (Å²) in [5, 5.41) is 9.12. The van der Waals surface area contributed by atoms with Crippen molar-refractivity contribution in [3.05, 3.63) is 35.4 Å². The number of aliphatic hydroxyl groups is 1. The van der Waals surface area contributed by atoms with E-state index in [1.165, 1.54) is 17.5 Å². The lowest BCUT2D eigenvalue weighted by molar-refractivity contribution is -0.135. The molecule has 1 heterocycles. The molecule has 1 amide bonds. The third-order valence-corrected chi connectivity index (χ3v) is 4.28. The summed E-state index contributed by atoms with van der Waals surface area (Å²) < 4.78 is 0. The molecule has 0 radical (unpaired) electrons. The molecule has 0 bridgehead atoms. The molecule has 0 spiro atoms. The van der Waals surface area contributed by atoms with Gasteiger partial charge in [0.25, 0.3) is 0 Å². The molecule has 110 valence electrons. The van der Waals surface area contributed by atoms with Crippen molar-refractivity contribution in [3.63, 3.8) is 0 Å². The summed E-state index contributed by atoms with van der Waals surface area (Å²) in [6, 6.07) is 8.50. The molecule has 0 aromatic heterocycles. The van der Waals surface area contributed by atoms with E-state index < -0.39 is 0 Å². The Bertz CT molecular complexity index is 442. The number of aryl methyl sites for hydroxylation is 2. The standard InChI is InChI=1S/C17H25NO2/c1-14-6-2-3-7-15(14)9-10-17(20)18-12-5-4-8-16(18)11-13-19/h2-3,6-7,16,19H,4-5,8-13H2,1H3. The predicted octanol–water partition coefficient (Wildman–Crippen LogP) is 2.69. The maximum atomic E-state index is 12.4. The molecule has 1 atom stereocenters. The van der Waals surface area contributed by atoms with Gasteiger partial charge >= 0.3 is 0 Å². The van der Waals surface area contributed by atoms with Crippen LogP contribution in [0.3, 0.4) is 0 Å². The van der Waals surface area contributed by atoms with E-state index >= 15 is 0 Å². The van der Waals surface area contributed by atoms with E-state index in [2.05, 4.69) is 19.1 Å². The molecule has 0 saturated carbocycles. The Labute approximate surface area is 121 Å². The number of hydrogen-bond acceptors (Lipinski definition) is 2. The van der Waals surface area contributed by atoms with Gasteiger partial charge in [-0.3, -0.25) is 4.79 Å². The summed E-state index contributed by atoms with van der Waals surface area (Å²) in [6.45, 7) is 3.12. The monoisotopic (exact) mass is 275 g/mol. The van der Waals surface area contributed by atoms with E-state index in [1.807, 2.05) is 17.0 Å². The third-order valence-electron chi connectivity index (χ3n) is 4.28. The first-order valence-electron chi connectivity index (χ1n) is 7.67. The Morgan fingerprint density at radius 1 is 1.35 bits per heavy atom. The zero-order chi connectivity index (χ0) is 14.4. The van der Waals surface area contributed by atoms with Crippen molar-refractivity contribution in [1.29, 1.82) is 0 Å². The highest BCUT2D eigenvalue weighted by Gasteiger charge is 2.25. The summed E-state index contributed by atoms with van der Waals surface area (Å²) >= 11 is 0. The van der Waals surface area contributed by atoms with Crippen LogP contribution < -0.4 is 0 Å². The average Bonchev–Trinajstić information content (AvgIpc) is 2.47. The first kappa shape index (κ1) is 15.0. The Balaban J connectivity index is 1.91. The topological polar surface area (TPSA) is 40.5 Å². The summed E-state index contributed by atoms with van der Waals surface area (Å²) in [4.78, 5) is 14.4. The smallest absolute Gasteiger partial charge is 0.223 e. The molecule has 1 saturated heterocycles. The molecule has 1 unspecified atom stereocenters. The number of amides is 1. The Morgan fingerprint density at radius 3 is 2.90 bits per heavy atom. The predicted molar refractivity (Wildman–Crippen MR) is 80.6 cm³/mol. The zero-order valence-corrected chi connectivity index (χ0v) is 12.3. The van der Waals surface area contributed by atoms with E-state index in [4.69, 9.17) is 5.11 Å². The van der Waals surface area contributed by atoms with Gasteiger partial charge in [-0.25, -0.2) is 0 Å². The average molecular weight is 275 g/mol. The van der Waals surface area contributed by atoms with Crippen LogP contribution in [0.5, 0.6) is 0 Å².